The molecule has 0 aliphatic carbocycles. The first kappa shape index (κ1) is 24.1. The molecule has 0 radical (unpaired) electrons. The Bertz CT molecular complexity index is 644. The molecule has 10 heteroatoms. The first-order chi connectivity index (χ1) is 11.0. The second kappa shape index (κ2) is 11.7. The highest BCUT2D eigenvalue weighted by atomic mass is 35.5. The molecule has 140 valence electrons. The summed E-state index contributed by atoms with van der Waals surface area (Å²) in [5.74, 6) is 0.365. The van der Waals surface area contributed by atoms with Gasteiger partial charge in [-0.3, -0.25) is 4.57 Å². The van der Waals surface area contributed by atoms with Crippen molar-refractivity contribution < 1.29 is 9.53 Å². The summed E-state index contributed by atoms with van der Waals surface area (Å²) >= 11 is 18.0. The minimum Gasteiger partial charge on any atom is -0.489 e. The van der Waals surface area contributed by atoms with E-state index in [0.717, 1.165) is 6.42 Å². The molecule has 1 heterocycles. The Morgan fingerprint density at radius 3 is 2.36 bits per heavy atom. The van der Waals surface area contributed by atoms with Crippen LogP contribution in [0.15, 0.2) is 30.9 Å². The summed E-state index contributed by atoms with van der Waals surface area (Å²) in [6.45, 7) is 3.28. The van der Waals surface area contributed by atoms with Crippen LogP contribution in [0, 0.1) is 0 Å². The van der Waals surface area contributed by atoms with Crippen LogP contribution in [0.5, 0.6) is 5.75 Å². The molecular weight excluding hydrogens is 431 g/mol. The molecule has 0 saturated carbocycles. The van der Waals surface area contributed by atoms with E-state index in [4.69, 9.17) is 39.5 Å². The molecule has 1 amide bonds. The fraction of sp³-hybridized carbons (Fsp3) is 0.333. The van der Waals surface area contributed by atoms with Crippen molar-refractivity contribution in [1.29, 1.82) is 0 Å². The molecule has 2 aromatic rings. The average Bonchev–Trinajstić information content (AvgIpc) is 3.02. The normalized spacial score (nSPS) is 9.76. The van der Waals surface area contributed by atoms with Crippen molar-refractivity contribution in [2.75, 3.05) is 19.7 Å². The number of nitrogens with zero attached hydrogens (tertiary/aromatic N) is 3. The van der Waals surface area contributed by atoms with Crippen LogP contribution in [-0.2, 0) is 0 Å². The summed E-state index contributed by atoms with van der Waals surface area (Å²) in [7, 11) is 0. The summed E-state index contributed by atoms with van der Waals surface area (Å²) in [6, 6.07) is 2.97. The van der Waals surface area contributed by atoms with Gasteiger partial charge in [0.2, 0.25) is 0 Å². The van der Waals surface area contributed by atoms with Crippen molar-refractivity contribution in [3.8, 4) is 5.75 Å². The third-order valence-corrected chi connectivity index (χ3v) is 3.84. The van der Waals surface area contributed by atoms with Gasteiger partial charge >= 0.3 is 6.03 Å². The minimum atomic E-state index is -0.152. The quantitative estimate of drug-likeness (QED) is 0.589. The Kier molecular flexibility index (Phi) is 11.3. The van der Waals surface area contributed by atoms with Gasteiger partial charge in [-0.1, -0.05) is 41.7 Å². The van der Waals surface area contributed by atoms with Gasteiger partial charge in [-0.15, -0.1) is 24.8 Å². The van der Waals surface area contributed by atoms with Crippen LogP contribution in [0.3, 0.4) is 0 Å². The maximum Gasteiger partial charge on any atom is 0.329 e. The van der Waals surface area contributed by atoms with Gasteiger partial charge in [-0.25, -0.2) is 9.78 Å². The molecule has 5 nitrogen and oxygen atoms in total. The largest absolute Gasteiger partial charge is 0.489 e. The molecule has 0 saturated heterocycles. The van der Waals surface area contributed by atoms with Crippen LogP contribution in [0.25, 0.3) is 0 Å². The number of amides is 1. The van der Waals surface area contributed by atoms with E-state index in [0.29, 0.717) is 33.9 Å². The predicted molar refractivity (Wildman–Crippen MR) is 106 cm³/mol. The van der Waals surface area contributed by atoms with E-state index >= 15 is 0 Å². The molecular formula is C15H18Cl5N3O2. The zero-order valence-electron chi connectivity index (χ0n) is 13.3. The molecule has 2 rings (SSSR count). The lowest BCUT2D eigenvalue weighted by Gasteiger charge is -2.22. The minimum absolute atomic E-state index is 0. The number of halogens is 5. The Morgan fingerprint density at radius 2 is 1.84 bits per heavy atom. The van der Waals surface area contributed by atoms with Gasteiger partial charge in [0, 0.05) is 24.0 Å². The molecule has 0 aliphatic heterocycles. The Morgan fingerprint density at radius 1 is 1.20 bits per heavy atom. The number of ether oxygens (including phenoxy) is 1. The topological polar surface area (TPSA) is 47.4 Å². The van der Waals surface area contributed by atoms with Crippen LogP contribution in [0.4, 0.5) is 4.79 Å². The van der Waals surface area contributed by atoms with Crippen LogP contribution in [-0.4, -0.2) is 40.2 Å². The highest BCUT2D eigenvalue weighted by Crippen LogP contribution is 2.35. The number of hydrogen-bond donors (Lipinski definition) is 0. The molecule has 0 spiro atoms. The monoisotopic (exact) mass is 447 g/mol. The lowest BCUT2D eigenvalue weighted by molar-refractivity contribution is 0.184. The molecule has 25 heavy (non-hydrogen) atoms. The summed E-state index contributed by atoms with van der Waals surface area (Å²) in [4.78, 5) is 17.9. The fourth-order valence-corrected chi connectivity index (χ4v) is 2.96. The number of rotatable bonds is 6. The maximum absolute atomic E-state index is 12.3. The number of aromatic nitrogens is 2. The van der Waals surface area contributed by atoms with Crippen LogP contribution in [0.1, 0.15) is 13.3 Å². The Balaban J connectivity index is 0.00000288. The predicted octanol–water partition coefficient (Wildman–Crippen LogP) is 5.45. The first-order valence-electron chi connectivity index (χ1n) is 7.07. The van der Waals surface area contributed by atoms with Crippen molar-refractivity contribution >= 4 is 65.6 Å². The van der Waals surface area contributed by atoms with Crippen molar-refractivity contribution in [2.45, 2.75) is 13.3 Å². The standard InChI is InChI=1S/C15H16Cl3N3O2.2ClH/c1-2-4-20(15(22)21-5-3-19-10-21)6-7-23-14-12(17)8-11(16)9-13(14)18;;/h3,5,8-10H,2,4,6-7H2,1H3;2*1H. The number of benzene rings is 1. The third-order valence-electron chi connectivity index (χ3n) is 3.06. The van der Waals surface area contributed by atoms with Crippen LogP contribution >= 0.6 is 59.6 Å². The maximum atomic E-state index is 12.3. The lowest BCUT2D eigenvalue weighted by atomic mass is 10.3. The van der Waals surface area contributed by atoms with Gasteiger partial charge < -0.3 is 9.64 Å². The zero-order chi connectivity index (χ0) is 16.8. The number of imidazole rings is 1. The third kappa shape index (κ3) is 6.76. The van der Waals surface area contributed by atoms with E-state index in [9.17, 15) is 4.79 Å². The molecule has 0 fully saturated rings. The average molecular weight is 450 g/mol. The molecule has 0 unspecified atom stereocenters. The van der Waals surface area contributed by atoms with E-state index in [-0.39, 0.29) is 37.5 Å². The van der Waals surface area contributed by atoms with Gasteiger partial charge in [0.1, 0.15) is 12.9 Å². The van der Waals surface area contributed by atoms with Crippen LogP contribution < -0.4 is 4.74 Å². The molecule has 0 N–H and O–H groups in total. The van der Waals surface area contributed by atoms with Crippen molar-refractivity contribution in [3.05, 3.63) is 45.9 Å². The van der Waals surface area contributed by atoms with E-state index < -0.39 is 0 Å². The van der Waals surface area contributed by atoms with Crippen molar-refractivity contribution in [1.82, 2.24) is 14.5 Å². The molecule has 1 aromatic carbocycles. The number of carbonyl (C=O) groups excluding carboxylic acids is 1. The Labute approximate surface area is 174 Å². The summed E-state index contributed by atoms with van der Waals surface area (Å²) in [5.41, 5.74) is 0. The number of hydrogen-bond acceptors (Lipinski definition) is 3. The molecule has 1 aromatic heterocycles. The zero-order valence-corrected chi connectivity index (χ0v) is 17.2. The highest BCUT2D eigenvalue weighted by Gasteiger charge is 2.15. The molecule has 0 bridgehead atoms. The molecule has 0 aliphatic rings. The van der Waals surface area contributed by atoms with Gasteiger partial charge in [-0.2, -0.15) is 0 Å². The highest BCUT2D eigenvalue weighted by molar-refractivity contribution is 6.40. The SMILES string of the molecule is CCCN(CCOc1c(Cl)cc(Cl)cc1Cl)C(=O)n1ccnc1.Cl.Cl. The van der Waals surface area contributed by atoms with Gasteiger partial charge in [0.15, 0.2) is 5.75 Å². The Hall–Kier alpha value is -0.850. The van der Waals surface area contributed by atoms with Crippen molar-refractivity contribution in [3.63, 3.8) is 0 Å². The lowest BCUT2D eigenvalue weighted by Crippen LogP contribution is -2.37. The van der Waals surface area contributed by atoms with Gasteiger partial charge in [0.05, 0.1) is 16.6 Å². The smallest absolute Gasteiger partial charge is 0.329 e. The summed E-state index contributed by atoms with van der Waals surface area (Å²) in [5, 5.41) is 1.12. The van der Waals surface area contributed by atoms with E-state index in [2.05, 4.69) is 4.98 Å². The van der Waals surface area contributed by atoms with Crippen molar-refractivity contribution in [2.24, 2.45) is 0 Å². The van der Waals surface area contributed by atoms with E-state index in [1.54, 1.807) is 29.4 Å². The summed E-state index contributed by atoms with van der Waals surface area (Å²) < 4.78 is 7.05. The number of carbonyl (C=O) groups is 1. The van der Waals surface area contributed by atoms with Gasteiger partial charge in [-0.05, 0) is 18.6 Å². The second-order valence-corrected chi connectivity index (χ2v) is 6.04. The van der Waals surface area contributed by atoms with E-state index in [1.165, 1.54) is 10.9 Å². The second-order valence-electron chi connectivity index (χ2n) is 4.79. The summed E-state index contributed by atoms with van der Waals surface area (Å²) in [6.07, 6.45) is 5.48. The first-order valence-corrected chi connectivity index (χ1v) is 8.21. The van der Waals surface area contributed by atoms with E-state index in [1.807, 2.05) is 6.92 Å². The van der Waals surface area contributed by atoms with Crippen LogP contribution in [0.2, 0.25) is 15.1 Å². The fourth-order valence-electron chi connectivity index (χ4n) is 2.03. The van der Waals surface area contributed by atoms with Gasteiger partial charge in [0.25, 0.3) is 0 Å². The molecule has 0 atom stereocenters.